The molecule has 0 aliphatic carbocycles. The SMILES string of the molecule is C=CCN(CC=C)C(=O)C(=O)Nc1ccc(N)c(Cl)c1. The fraction of sp³-hybridized carbons (Fsp3) is 0.143. The fourth-order valence-corrected chi connectivity index (χ4v) is 1.67. The topological polar surface area (TPSA) is 75.4 Å². The first-order valence-corrected chi connectivity index (χ1v) is 6.24. The molecule has 20 heavy (non-hydrogen) atoms. The van der Waals surface area contributed by atoms with Gasteiger partial charge in [-0.05, 0) is 18.2 Å². The van der Waals surface area contributed by atoms with E-state index in [1.807, 2.05) is 0 Å². The molecule has 1 aromatic rings. The number of anilines is 2. The monoisotopic (exact) mass is 293 g/mol. The molecule has 0 fully saturated rings. The van der Waals surface area contributed by atoms with Gasteiger partial charge in [0.25, 0.3) is 0 Å². The van der Waals surface area contributed by atoms with Crippen LogP contribution in [0.25, 0.3) is 0 Å². The van der Waals surface area contributed by atoms with E-state index in [1.54, 1.807) is 12.1 Å². The summed E-state index contributed by atoms with van der Waals surface area (Å²) in [6.45, 7) is 7.61. The molecule has 0 aromatic heterocycles. The molecule has 0 atom stereocenters. The quantitative estimate of drug-likeness (QED) is 0.496. The van der Waals surface area contributed by atoms with Gasteiger partial charge in [0, 0.05) is 18.8 Å². The minimum atomic E-state index is -0.755. The van der Waals surface area contributed by atoms with Crippen LogP contribution in [-0.4, -0.2) is 29.8 Å². The number of carbonyl (C=O) groups excluding carboxylic acids is 2. The highest BCUT2D eigenvalue weighted by molar-refractivity contribution is 6.40. The molecule has 0 spiro atoms. The molecule has 0 bridgehead atoms. The number of benzene rings is 1. The molecule has 6 heteroatoms. The Balaban J connectivity index is 2.77. The molecular formula is C14H16ClN3O2. The molecular weight excluding hydrogens is 278 g/mol. The van der Waals surface area contributed by atoms with E-state index in [-0.39, 0.29) is 13.1 Å². The van der Waals surface area contributed by atoms with Crippen LogP contribution in [0.4, 0.5) is 11.4 Å². The summed E-state index contributed by atoms with van der Waals surface area (Å²) in [6.07, 6.45) is 3.07. The number of halogens is 1. The number of rotatable bonds is 5. The zero-order valence-corrected chi connectivity index (χ0v) is 11.7. The van der Waals surface area contributed by atoms with Crippen molar-refractivity contribution in [1.82, 2.24) is 4.90 Å². The summed E-state index contributed by atoms with van der Waals surface area (Å²) in [4.78, 5) is 25.1. The van der Waals surface area contributed by atoms with Gasteiger partial charge in [0.05, 0.1) is 10.7 Å². The minimum absolute atomic E-state index is 0.265. The van der Waals surface area contributed by atoms with E-state index in [1.165, 1.54) is 23.1 Å². The van der Waals surface area contributed by atoms with Gasteiger partial charge >= 0.3 is 11.8 Å². The summed E-state index contributed by atoms with van der Waals surface area (Å²) in [7, 11) is 0. The van der Waals surface area contributed by atoms with E-state index < -0.39 is 11.8 Å². The van der Waals surface area contributed by atoms with Crippen molar-refractivity contribution in [3.63, 3.8) is 0 Å². The van der Waals surface area contributed by atoms with Crippen molar-refractivity contribution >= 4 is 34.8 Å². The van der Waals surface area contributed by atoms with Gasteiger partial charge in [-0.15, -0.1) is 13.2 Å². The predicted molar refractivity (Wildman–Crippen MR) is 81.5 cm³/mol. The van der Waals surface area contributed by atoms with Crippen molar-refractivity contribution in [2.45, 2.75) is 0 Å². The van der Waals surface area contributed by atoms with Crippen molar-refractivity contribution in [1.29, 1.82) is 0 Å². The van der Waals surface area contributed by atoms with Gasteiger partial charge in [-0.25, -0.2) is 0 Å². The van der Waals surface area contributed by atoms with Crippen LogP contribution in [0.15, 0.2) is 43.5 Å². The Morgan fingerprint density at radius 2 is 1.90 bits per heavy atom. The molecule has 2 amide bonds. The molecule has 0 radical (unpaired) electrons. The highest BCUT2D eigenvalue weighted by Crippen LogP contribution is 2.22. The zero-order chi connectivity index (χ0) is 15.1. The van der Waals surface area contributed by atoms with Crippen LogP contribution in [0, 0.1) is 0 Å². The Hall–Kier alpha value is -2.27. The first-order valence-electron chi connectivity index (χ1n) is 5.86. The first kappa shape index (κ1) is 15.8. The van der Waals surface area contributed by atoms with Crippen molar-refractivity contribution in [3.8, 4) is 0 Å². The number of hydrogen-bond acceptors (Lipinski definition) is 3. The number of nitrogens with one attached hydrogen (secondary N) is 1. The lowest BCUT2D eigenvalue weighted by Gasteiger charge is -2.18. The van der Waals surface area contributed by atoms with Gasteiger partial charge in [-0.2, -0.15) is 0 Å². The van der Waals surface area contributed by atoms with Crippen LogP contribution in [-0.2, 0) is 9.59 Å². The summed E-state index contributed by atoms with van der Waals surface area (Å²) in [5.74, 6) is -1.42. The van der Waals surface area contributed by atoms with Crippen LogP contribution >= 0.6 is 11.6 Å². The standard InChI is InChI=1S/C14H16ClN3O2/c1-3-7-18(8-4-2)14(20)13(19)17-10-5-6-12(16)11(15)9-10/h3-6,9H,1-2,7-8,16H2,(H,17,19). The average molecular weight is 294 g/mol. The van der Waals surface area contributed by atoms with Crippen molar-refractivity contribution in [2.75, 3.05) is 24.1 Å². The number of nitrogen functional groups attached to an aromatic ring is 1. The molecule has 1 aromatic carbocycles. The second-order valence-electron chi connectivity index (χ2n) is 3.98. The van der Waals surface area contributed by atoms with Gasteiger partial charge in [-0.3, -0.25) is 9.59 Å². The Morgan fingerprint density at radius 3 is 2.40 bits per heavy atom. The summed E-state index contributed by atoms with van der Waals surface area (Å²) >= 11 is 5.84. The molecule has 0 aliphatic rings. The highest BCUT2D eigenvalue weighted by atomic mass is 35.5. The maximum atomic E-state index is 11.9. The molecule has 0 unspecified atom stereocenters. The van der Waals surface area contributed by atoms with E-state index in [9.17, 15) is 9.59 Å². The molecule has 3 N–H and O–H groups in total. The summed E-state index contributed by atoms with van der Waals surface area (Å²) in [6, 6.07) is 4.60. The number of hydrogen-bond donors (Lipinski definition) is 2. The minimum Gasteiger partial charge on any atom is -0.398 e. The van der Waals surface area contributed by atoms with Crippen molar-refractivity contribution in [2.24, 2.45) is 0 Å². The van der Waals surface area contributed by atoms with E-state index in [0.717, 1.165) is 0 Å². The highest BCUT2D eigenvalue weighted by Gasteiger charge is 2.20. The third-order valence-corrected chi connectivity index (χ3v) is 2.77. The molecule has 106 valence electrons. The number of nitrogens with zero attached hydrogens (tertiary/aromatic N) is 1. The third kappa shape index (κ3) is 4.13. The van der Waals surface area contributed by atoms with E-state index in [0.29, 0.717) is 16.4 Å². The lowest BCUT2D eigenvalue weighted by molar-refractivity contribution is -0.142. The maximum Gasteiger partial charge on any atom is 0.313 e. The van der Waals surface area contributed by atoms with Crippen LogP contribution in [0.3, 0.4) is 0 Å². The largest absolute Gasteiger partial charge is 0.398 e. The van der Waals surface area contributed by atoms with E-state index in [2.05, 4.69) is 18.5 Å². The van der Waals surface area contributed by atoms with Crippen LogP contribution < -0.4 is 11.1 Å². The summed E-state index contributed by atoms with van der Waals surface area (Å²) < 4.78 is 0. The predicted octanol–water partition coefficient (Wildman–Crippen LogP) is 2.06. The Morgan fingerprint density at radius 1 is 1.30 bits per heavy atom. The van der Waals surface area contributed by atoms with Gasteiger partial charge in [0.1, 0.15) is 0 Å². The maximum absolute atomic E-state index is 11.9. The molecule has 0 saturated heterocycles. The lowest BCUT2D eigenvalue weighted by atomic mass is 10.3. The average Bonchev–Trinajstić information content (AvgIpc) is 2.42. The van der Waals surface area contributed by atoms with Crippen molar-refractivity contribution in [3.05, 3.63) is 48.5 Å². The van der Waals surface area contributed by atoms with Gasteiger partial charge in [-0.1, -0.05) is 23.8 Å². The second-order valence-corrected chi connectivity index (χ2v) is 4.39. The normalized spacial score (nSPS) is 9.65. The molecule has 0 heterocycles. The molecule has 5 nitrogen and oxygen atoms in total. The number of nitrogens with two attached hydrogens (primary N) is 1. The zero-order valence-electron chi connectivity index (χ0n) is 10.9. The summed E-state index contributed by atoms with van der Waals surface area (Å²) in [5, 5.41) is 2.78. The number of carbonyl (C=O) groups is 2. The smallest absolute Gasteiger partial charge is 0.313 e. The lowest BCUT2D eigenvalue weighted by Crippen LogP contribution is -2.39. The Labute approximate surface area is 122 Å². The third-order valence-electron chi connectivity index (χ3n) is 2.44. The van der Waals surface area contributed by atoms with Crippen molar-refractivity contribution < 1.29 is 9.59 Å². The first-order chi connectivity index (χ1) is 9.49. The van der Waals surface area contributed by atoms with Gasteiger partial charge < -0.3 is 16.0 Å². The van der Waals surface area contributed by atoms with Gasteiger partial charge in [0.15, 0.2) is 0 Å². The summed E-state index contributed by atoms with van der Waals surface area (Å²) in [5.41, 5.74) is 6.37. The van der Waals surface area contributed by atoms with Gasteiger partial charge in [0.2, 0.25) is 0 Å². The molecule has 1 rings (SSSR count). The van der Waals surface area contributed by atoms with E-state index >= 15 is 0 Å². The van der Waals surface area contributed by atoms with Crippen LogP contribution in [0.2, 0.25) is 5.02 Å². The Kier molecular flexibility index (Phi) is 5.80. The second kappa shape index (κ2) is 7.35. The van der Waals surface area contributed by atoms with Crippen LogP contribution in [0.1, 0.15) is 0 Å². The van der Waals surface area contributed by atoms with E-state index in [4.69, 9.17) is 17.3 Å². The Bertz CT molecular complexity index is 533. The van der Waals surface area contributed by atoms with Crippen LogP contribution in [0.5, 0.6) is 0 Å². The fourth-order valence-electron chi connectivity index (χ4n) is 1.49. The molecule has 0 aliphatic heterocycles. The molecule has 0 saturated carbocycles. The number of amides is 2.